The van der Waals surface area contributed by atoms with Gasteiger partial charge in [0.1, 0.15) is 12.4 Å². The lowest BCUT2D eigenvalue weighted by molar-refractivity contribution is 0.0472. The molecule has 0 atom stereocenters. The molecule has 0 N–H and O–H groups in total. The van der Waals surface area contributed by atoms with Gasteiger partial charge < -0.3 is 4.74 Å². The van der Waals surface area contributed by atoms with E-state index in [9.17, 15) is 9.18 Å². The fourth-order valence-electron chi connectivity index (χ4n) is 3.35. The van der Waals surface area contributed by atoms with Crippen molar-refractivity contribution in [3.05, 3.63) is 100 Å². The maximum Gasteiger partial charge on any atom is 0.340 e. The van der Waals surface area contributed by atoms with E-state index in [-0.39, 0.29) is 12.2 Å². The topological polar surface area (TPSA) is 39.2 Å². The van der Waals surface area contributed by atoms with E-state index in [0.29, 0.717) is 32.7 Å². The number of pyridine rings is 1. The minimum Gasteiger partial charge on any atom is -0.457 e. The molecule has 0 saturated carbocycles. The summed E-state index contributed by atoms with van der Waals surface area (Å²) < 4.78 is 20.3. The number of benzene rings is 3. The molecule has 0 unspecified atom stereocenters. The maximum absolute atomic E-state index is 14.7. The Morgan fingerprint density at radius 2 is 1.76 bits per heavy atom. The van der Waals surface area contributed by atoms with Crippen LogP contribution in [-0.4, -0.2) is 11.0 Å². The van der Waals surface area contributed by atoms with E-state index in [2.05, 4.69) is 4.98 Å². The first-order chi connectivity index (χ1) is 14.0. The summed E-state index contributed by atoms with van der Waals surface area (Å²) in [7, 11) is 0. The maximum atomic E-state index is 14.7. The van der Waals surface area contributed by atoms with Gasteiger partial charge in [0.05, 0.1) is 16.8 Å². The average molecular weight is 406 g/mol. The second kappa shape index (κ2) is 8.02. The van der Waals surface area contributed by atoms with Gasteiger partial charge in [-0.3, -0.25) is 4.98 Å². The van der Waals surface area contributed by atoms with Gasteiger partial charge in [0, 0.05) is 21.5 Å². The molecule has 1 aromatic heterocycles. The van der Waals surface area contributed by atoms with Gasteiger partial charge >= 0.3 is 5.97 Å². The third-order valence-corrected chi connectivity index (χ3v) is 4.92. The Labute approximate surface area is 172 Å². The average Bonchev–Trinajstić information content (AvgIpc) is 2.73. The standard InChI is InChI=1S/C24H17ClFNO2/c1-15-22(24(28)29-14-16-7-3-2-4-8-16)23(18-9-5-6-10-20(18)26)19-13-17(25)11-12-21(19)27-15/h2-13H,14H2,1H3. The molecule has 4 rings (SSSR count). The lowest BCUT2D eigenvalue weighted by Gasteiger charge is -2.16. The summed E-state index contributed by atoms with van der Waals surface area (Å²) in [4.78, 5) is 17.6. The molecular weight excluding hydrogens is 389 g/mol. The van der Waals surface area contributed by atoms with Crippen molar-refractivity contribution in [1.82, 2.24) is 4.98 Å². The quantitative estimate of drug-likeness (QED) is 0.371. The van der Waals surface area contributed by atoms with Gasteiger partial charge in [-0.15, -0.1) is 0 Å². The molecule has 0 aliphatic rings. The highest BCUT2D eigenvalue weighted by molar-refractivity contribution is 6.31. The molecule has 0 bridgehead atoms. The highest BCUT2D eigenvalue weighted by Crippen LogP contribution is 2.36. The van der Waals surface area contributed by atoms with E-state index in [1.54, 1.807) is 43.3 Å². The first kappa shape index (κ1) is 19.1. The summed E-state index contributed by atoms with van der Waals surface area (Å²) in [5.74, 6) is -0.990. The molecule has 0 aliphatic heterocycles. The molecule has 0 radical (unpaired) electrons. The van der Waals surface area contributed by atoms with Crippen molar-refractivity contribution in [2.45, 2.75) is 13.5 Å². The molecule has 0 fully saturated rings. The molecule has 3 aromatic carbocycles. The molecular formula is C24H17ClFNO2. The number of carbonyl (C=O) groups excluding carboxylic acids is 1. The molecule has 0 aliphatic carbocycles. The summed E-state index contributed by atoms with van der Waals surface area (Å²) in [6.07, 6.45) is 0. The number of aryl methyl sites for hydroxylation is 1. The van der Waals surface area contributed by atoms with Crippen LogP contribution in [-0.2, 0) is 11.3 Å². The zero-order valence-corrected chi connectivity index (χ0v) is 16.4. The Bertz CT molecular complexity index is 1210. The highest BCUT2D eigenvalue weighted by atomic mass is 35.5. The van der Waals surface area contributed by atoms with Crippen molar-refractivity contribution in [2.75, 3.05) is 0 Å². The monoisotopic (exact) mass is 405 g/mol. The second-order valence-corrected chi connectivity index (χ2v) is 7.09. The van der Waals surface area contributed by atoms with E-state index in [1.807, 2.05) is 30.3 Å². The van der Waals surface area contributed by atoms with Gasteiger partial charge in [-0.2, -0.15) is 0 Å². The number of esters is 1. The van der Waals surface area contributed by atoms with Crippen molar-refractivity contribution < 1.29 is 13.9 Å². The lowest BCUT2D eigenvalue weighted by Crippen LogP contribution is -2.11. The Morgan fingerprint density at radius 1 is 1.03 bits per heavy atom. The van der Waals surface area contributed by atoms with Gasteiger partial charge in [-0.25, -0.2) is 9.18 Å². The van der Waals surface area contributed by atoms with E-state index in [1.165, 1.54) is 6.07 Å². The predicted octanol–water partition coefficient (Wildman–Crippen LogP) is 6.36. The second-order valence-electron chi connectivity index (χ2n) is 6.65. The van der Waals surface area contributed by atoms with E-state index >= 15 is 0 Å². The number of fused-ring (bicyclic) bond motifs is 1. The molecule has 29 heavy (non-hydrogen) atoms. The fourth-order valence-corrected chi connectivity index (χ4v) is 3.52. The molecule has 0 saturated heterocycles. The first-order valence-corrected chi connectivity index (χ1v) is 9.48. The van der Waals surface area contributed by atoms with Crippen LogP contribution >= 0.6 is 11.6 Å². The molecule has 4 aromatic rings. The van der Waals surface area contributed by atoms with Crippen LogP contribution in [0.3, 0.4) is 0 Å². The van der Waals surface area contributed by atoms with Crippen LogP contribution in [0, 0.1) is 12.7 Å². The van der Waals surface area contributed by atoms with Crippen LogP contribution in [0.25, 0.3) is 22.0 Å². The number of hydrogen-bond acceptors (Lipinski definition) is 3. The lowest BCUT2D eigenvalue weighted by atomic mass is 9.94. The van der Waals surface area contributed by atoms with Gasteiger partial charge in [-0.05, 0) is 36.8 Å². The van der Waals surface area contributed by atoms with Crippen LogP contribution < -0.4 is 0 Å². The minimum absolute atomic E-state index is 0.114. The summed E-state index contributed by atoms with van der Waals surface area (Å²) in [6, 6.07) is 20.9. The van der Waals surface area contributed by atoms with Crippen LogP contribution in [0.15, 0.2) is 72.8 Å². The first-order valence-electron chi connectivity index (χ1n) is 9.10. The molecule has 1 heterocycles. The smallest absolute Gasteiger partial charge is 0.340 e. The van der Waals surface area contributed by atoms with Crippen LogP contribution in [0.4, 0.5) is 4.39 Å². The number of rotatable bonds is 4. The van der Waals surface area contributed by atoms with E-state index < -0.39 is 11.8 Å². The Hall–Kier alpha value is -3.24. The third-order valence-electron chi connectivity index (χ3n) is 4.69. The zero-order chi connectivity index (χ0) is 20.4. The Kier molecular flexibility index (Phi) is 5.28. The van der Waals surface area contributed by atoms with E-state index in [4.69, 9.17) is 16.3 Å². The summed E-state index contributed by atoms with van der Waals surface area (Å²) in [5.41, 5.74) is 2.94. The molecule has 3 nitrogen and oxygen atoms in total. The number of hydrogen-bond donors (Lipinski definition) is 0. The highest BCUT2D eigenvalue weighted by Gasteiger charge is 2.23. The number of ether oxygens (including phenoxy) is 1. The van der Waals surface area contributed by atoms with Crippen molar-refractivity contribution in [3.8, 4) is 11.1 Å². The minimum atomic E-state index is -0.556. The van der Waals surface area contributed by atoms with Crippen LogP contribution in [0.1, 0.15) is 21.6 Å². The van der Waals surface area contributed by atoms with Crippen molar-refractivity contribution in [1.29, 1.82) is 0 Å². The van der Waals surface area contributed by atoms with Crippen molar-refractivity contribution >= 4 is 28.5 Å². The predicted molar refractivity (Wildman–Crippen MR) is 112 cm³/mol. The van der Waals surface area contributed by atoms with Crippen molar-refractivity contribution in [3.63, 3.8) is 0 Å². The molecule has 0 spiro atoms. The zero-order valence-electron chi connectivity index (χ0n) is 15.7. The number of halogens is 2. The number of nitrogens with zero attached hydrogens (tertiary/aromatic N) is 1. The molecule has 144 valence electrons. The molecule has 0 amide bonds. The normalized spacial score (nSPS) is 10.9. The van der Waals surface area contributed by atoms with Gasteiger partial charge in [0.15, 0.2) is 0 Å². The largest absolute Gasteiger partial charge is 0.457 e. The van der Waals surface area contributed by atoms with Crippen LogP contribution in [0.5, 0.6) is 0 Å². The Balaban J connectivity index is 1.88. The number of aromatic nitrogens is 1. The third kappa shape index (κ3) is 3.84. The van der Waals surface area contributed by atoms with Gasteiger partial charge in [0.2, 0.25) is 0 Å². The summed E-state index contributed by atoms with van der Waals surface area (Å²) in [6.45, 7) is 1.83. The summed E-state index contributed by atoms with van der Waals surface area (Å²) >= 11 is 6.19. The Morgan fingerprint density at radius 3 is 2.52 bits per heavy atom. The molecule has 5 heteroatoms. The summed E-state index contributed by atoms with van der Waals surface area (Å²) in [5, 5.41) is 1.07. The van der Waals surface area contributed by atoms with Crippen LogP contribution in [0.2, 0.25) is 5.02 Å². The van der Waals surface area contributed by atoms with Gasteiger partial charge in [0.25, 0.3) is 0 Å². The van der Waals surface area contributed by atoms with E-state index in [0.717, 1.165) is 5.56 Å². The number of carbonyl (C=O) groups is 1. The van der Waals surface area contributed by atoms with Gasteiger partial charge in [-0.1, -0.05) is 60.1 Å². The fraction of sp³-hybridized carbons (Fsp3) is 0.0833. The van der Waals surface area contributed by atoms with Crippen molar-refractivity contribution in [2.24, 2.45) is 0 Å². The SMILES string of the molecule is Cc1nc2ccc(Cl)cc2c(-c2ccccc2F)c1C(=O)OCc1ccccc1.